The molecule has 2 nitrogen and oxygen atoms in total. The zero-order valence-corrected chi connectivity index (χ0v) is 7.62. The fraction of sp³-hybridized carbons (Fsp3) is 0. The molecule has 0 aliphatic heterocycles. The highest BCUT2D eigenvalue weighted by atomic mass is 32.2. The summed E-state index contributed by atoms with van der Waals surface area (Å²) >= 11 is 0.935. The van der Waals surface area contributed by atoms with Crippen molar-refractivity contribution in [2.45, 2.75) is 0 Å². The van der Waals surface area contributed by atoms with Gasteiger partial charge in [-0.25, -0.2) is 0 Å². The first-order chi connectivity index (χ1) is 6.34. The molecule has 0 aliphatic carbocycles. The Morgan fingerprint density at radius 3 is 2.69 bits per heavy atom. The van der Waals surface area contributed by atoms with E-state index < -0.39 is 0 Å². The summed E-state index contributed by atoms with van der Waals surface area (Å²) < 4.78 is 0. The summed E-state index contributed by atoms with van der Waals surface area (Å²) in [5.74, 6) is -0.0802. The van der Waals surface area contributed by atoms with E-state index in [0.717, 1.165) is 11.8 Å². The molecular weight excluding hydrogens is 182 g/mol. The lowest BCUT2D eigenvalue weighted by atomic mass is 10.1. The molecule has 0 radical (unpaired) electrons. The molecule has 13 heavy (non-hydrogen) atoms. The number of thiocyanates is 1. The largest absolute Gasteiger partial charge is 0.289 e. The van der Waals surface area contributed by atoms with Crippen molar-refractivity contribution in [2.75, 3.05) is 0 Å². The number of thioether (sulfide) groups is 1. The average Bonchev–Trinajstić information content (AvgIpc) is 2.19. The molecule has 0 heterocycles. The second-order valence-electron chi connectivity index (χ2n) is 2.24. The smallest absolute Gasteiger partial charge is 0.186 e. The molecule has 0 saturated carbocycles. The molecule has 0 spiro atoms. The van der Waals surface area contributed by atoms with Gasteiger partial charge in [-0.15, -0.1) is 0 Å². The Morgan fingerprint density at radius 2 is 2.08 bits per heavy atom. The van der Waals surface area contributed by atoms with E-state index in [0.29, 0.717) is 5.56 Å². The average molecular weight is 189 g/mol. The van der Waals surface area contributed by atoms with E-state index in [4.69, 9.17) is 5.26 Å². The van der Waals surface area contributed by atoms with Crippen LogP contribution in [0.4, 0.5) is 0 Å². The van der Waals surface area contributed by atoms with Crippen molar-refractivity contribution in [2.24, 2.45) is 0 Å². The van der Waals surface area contributed by atoms with E-state index in [-0.39, 0.29) is 5.78 Å². The third kappa shape index (κ3) is 3.14. The maximum Gasteiger partial charge on any atom is 0.186 e. The molecule has 0 aliphatic rings. The van der Waals surface area contributed by atoms with Crippen molar-refractivity contribution < 1.29 is 4.79 Å². The number of benzene rings is 1. The molecule has 1 aromatic rings. The standard InChI is InChI=1S/C10H7NOS/c11-8-13-7-6-10(12)9-4-2-1-3-5-9/h1-7H. The molecule has 1 aromatic carbocycles. The van der Waals surface area contributed by atoms with Crippen LogP contribution in [0.5, 0.6) is 0 Å². The number of allylic oxidation sites excluding steroid dienone is 1. The van der Waals surface area contributed by atoms with Gasteiger partial charge in [-0.2, -0.15) is 5.26 Å². The van der Waals surface area contributed by atoms with Crippen LogP contribution in [0.25, 0.3) is 0 Å². The Hall–Kier alpha value is -1.53. The minimum Gasteiger partial charge on any atom is -0.289 e. The van der Waals surface area contributed by atoms with Gasteiger partial charge in [0.2, 0.25) is 0 Å². The van der Waals surface area contributed by atoms with Gasteiger partial charge in [0.05, 0.1) is 0 Å². The van der Waals surface area contributed by atoms with E-state index in [1.54, 1.807) is 24.3 Å². The summed E-state index contributed by atoms with van der Waals surface area (Å²) in [6, 6.07) is 8.94. The molecule has 0 N–H and O–H groups in total. The SMILES string of the molecule is N#CSC=CC(=O)c1ccccc1. The van der Waals surface area contributed by atoms with Crippen molar-refractivity contribution in [3.63, 3.8) is 0 Å². The summed E-state index contributed by atoms with van der Waals surface area (Å²) in [7, 11) is 0. The summed E-state index contributed by atoms with van der Waals surface area (Å²) in [4.78, 5) is 11.3. The first-order valence-electron chi connectivity index (χ1n) is 3.65. The van der Waals surface area contributed by atoms with E-state index in [1.165, 1.54) is 11.5 Å². The lowest BCUT2D eigenvalue weighted by Gasteiger charge is -1.91. The second kappa shape index (κ2) is 5.18. The number of nitrogens with zero attached hydrogens (tertiary/aromatic N) is 1. The molecule has 0 amide bonds. The minimum atomic E-state index is -0.0802. The number of ketones is 1. The fourth-order valence-electron chi connectivity index (χ4n) is 0.825. The molecule has 1 rings (SSSR count). The van der Waals surface area contributed by atoms with Crippen molar-refractivity contribution in [3.8, 4) is 5.40 Å². The first kappa shape index (κ1) is 9.56. The summed E-state index contributed by atoms with van der Waals surface area (Å²) in [6.45, 7) is 0. The number of hydrogen-bond acceptors (Lipinski definition) is 3. The lowest BCUT2D eigenvalue weighted by molar-refractivity contribution is 0.104. The van der Waals surface area contributed by atoms with Crippen LogP contribution >= 0.6 is 11.8 Å². The van der Waals surface area contributed by atoms with Gasteiger partial charge in [0.1, 0.15) is 5.40 Å². The van der Waals surface area contributed by atoms with E-state index in [1.807, 2.05) is 11.5 Å². The van der Waals surface area contributed by atoms with Crippen LogP contribution in [0.2, 0.25) is 0 Å². The number of hydrogen-bond donors (Lipinski definition) is 0. The fourth-order valence-corrected chi connectivity index (χ4v) is 1.08. The summed E-state index contributed by atoms with van der Waals surface area (Å²) in [5.41, 5.74) is 0.636. The molecule has 3 heteroatoms. The van der Waals surface area contributed by atoms with Crippen LogP contribution in [0.3, 0.4) is 0 Å². The Kier molecular flexibility index (Phi) is 3.80. The zero-order valence-electron chi connectivity index (χ0n) is 6.81. The van der Waals surface area contributed by atoms with Crippen LogP contribution in [-0.4, -0.2) is 5.78 Å². The van der Waals surface area contributed by atoms with E-state index in [2.05, 4.69) is 0 Å². The highest BCUT2D eigenvalue weighted by Crippen LogP contribution is 2.03. The van der Waals surface area contributed by atoms with Crippen molar-refractivity contribution in [1.82, 2.24) is 0 Å². The van der Waals surface area contributed by atoms with Crippen LogP contribution < -0.4 is 0 Å². The molecule has 0 atom stereocenters. The van der Waals surface area contributed by atoms with Gasteiger partial charge in [-0.3, -0.25) is 4.79 Å². The molecule has 0 fully saturated rings. The van der Waals surface area contributed by atoms with Crippen LogP contribution in [0.15, 0.2) is 41.8 Å². The normalized spacial score (nSPS) is 9.77. The highest BCUT2D eigenvalue weighted by molar-refractivity contribution is 8.06. The Morgan fingerprint density at radius 1 is 1.38 bits per heavy atom. The second-order valence-corrected chi connectivity index (χ2v) is 2.93. The lowest BCUT2D eigenvalue weighted by Crippen LogP contribution is -1.91. The Labute approximate surface area is 80.9 Å². The Bertz CT molecular complexity index is 351. The van der Waals surface area contributed by atoms with Crippen LogP contribution in [0, 0.1) is 10.7 Å². The monoisotopic (exact) mass is 189 g/mol. The van der Waals surface area contributed by atoms with Gasteiger partial charge in [0.15, 0.2) is 5.78 Å². The van der Waals surface area contributed by atoms with Gasteiger partial charge < -0.3 is 0 Å². The number of rotatable bonds is 3. The molecule has 0 saturated heterocycles. The van der Waals surface area contributed by atoms with Crippen molar-refractivity contribution in [1.29, 1.82) is 5.26 Å². The summed E-state index contributed by atoms with van der Waals surface area (Å²) in [6.07, 6.45) is 1.39. The van der Waals surface area contributed by atoms with E-state index >= 15 is 0 Å². The summed E-state index contributed by atoms with van der Waals surface area (Å²) in [5, 5.41) is 11.5. The third-order valence-corrected chi connectivity index (χ3v) is 1.78. The number of carbonyl (C=O) groups excluding carboxylic acids is 1. The van der Waals surface area contributed by atoms with Gasteiger partial charge in [0, 0.05) is 5.56 Å². The topological polar surface area (TPSA) is 40.9 Å². The van der Waals surface area contributed by atoms with Crippen molar-refractivity contribution in [3.05, 3.63) is 47.4 Å². The number of carbonyl (C=O) groups is 1. The van der Waals surface area contributed by atoms with Gasteiger partial charge in [0.25, 0.3) is 0 Å². The van der Waals surface area contributed by atoms with Gasteiger partial charge in [-0.1, -0.05) is 30.3 Å². The predicted octanol–water partition coefficient (Wildman–Crippen LogP) is 2.60. The maximum absolute atomic E-state index is 11.3. The van der Waals surface area contributed by atoms with Crippen molar-refractivity contribution >= 4 is 17.5 Å². The van der Waals surface area contributed by atoms with Gasteiger partial charge in [-0.05, 0) is 23.2 Å². The predicted molar refractivity (Wildman–Crippen MR) is 53.1 cm³/mol. The zero-order chi connectivity index (χ0) is 9.52. The molecule has 0 aromatic heterocycles. The molecule has 0 bridgehead atoms. The van der Waals surface area contributed by atoms with Crippen LogP contribution in [0.1, 0.15) is 10.4 Å². The van der Waals surface area contributed by atoms with E-state index in [9.17, 15) is 4.79 Å². The first-order valence-corrected chi connectivity index (χ1v) is 4.53. The minimum absolute atomic E-state index is 0.0802. The van der Waals surface area contributed by atoms with Gasteiger partial charge >= 0.3 is 0 Å². The third-order valence-electron chi connectivity index (χ3n) is 1.40. The maximum atomic E-state index is 11.3. The number of nitriles is 1. The quantitative estimate of drug-likeness (QED) is 0.417. The molecular formula is C10H7NOS. The molecule has 64 valence electrons. The highest BCUT2D eigenvalue weighted by Gasteiger charge is 1.97. The Balaban J connectivity index is 2.66. The van der Waals surface area contributed by atoms with Crippen LogP contribution in [-0.2, 0) is 0 Å². The molecule has 0 unspecified atom stereocenters.